The molecule has 0 spiro atoms. The van der Waals surface area contributed by atoms with Crippen molar-refractivity contribution in [3.8, 4) is 0 Å². The monoisotopic (exact) mass is 225 g/mol. The lowest BCUT2D eigenvalue weighted by Crippen LogP contribution is -2.33. The molecule has 0 rings (SSSR count). The van der Waals surface area contributed by atoms with E-state index in [1.54, 1.807) is 0 Å². The molecule has 0 atom stereocenters. The lowest BCUT2D eigenvalue weighted by Gasteiger charge is -2.17. The summed E-state index contributed by atoms with van der Waals surface area (Å²) < 4.78 is 35.1. The van der Waals surface area contributed by atoms with Gasteiger partial charge < -0.3 is 5.32 Å². The number of hydrogen-bond donors (Lipinski definition) is 1. The molecule has 2 nitrogen and oxygen atoms in total. The molecule has 0 aliphatic rings. The summed E-state index contributed by atoms with van der Waals surface area (Å²) in [6.45, 7) is 4.67. The van der Waals surface area contributed by atoms with Gasteiger partial charge in [-0.1, -0.05) is 20.8 Å². The minimum atomic E-state index is -4.25. The Kier molecular flexibility index (Phi) is 5.28. The summed E-state index contributed by atoms with van der Waals surface area (Å²) >= 11 is 0. The molecule has 0 saturated carbocycles. The zero-order valence-electron chi connectivity index (χ0n) is 9.37. The van der Waals surface area contributed by atoms with Crippen LogP contribution >= 0.6 is 0 Å². The summed E-state index contributed by atoms with van der Waals surface area (Å²) in [5.41, 5.74) is 0.0414. The number of nitrogens with one attached hydrogen (secondary N) is 1. The third-order valence-corrected chi connectivity index (χ3v) is 1.80. The van der Waals surface area contributed by atoms with E-state index in [-0.39, 0.29) is 17.7 Å². The number of carbonyl (C=O) groups is 1. The van der Waals surface area contributed by atoms with Crippen molar-refractivity contribution >= 4 is 5.78 Å². The Balaban J connectivity index is 3.60. The molecule has 0 amide bonds. The molecule has 0 heterocycles. The van der Waals surface area contributed by atoms with E-state index in [0.717, 1.165) is 0 Å². The maximum Gasteiger partial charge on any atom is 0.401 e. The second kappa shape index (κ2) is 5.49. The molecule has 15 heavy (non-hydrogen) atoms. The van der Waals surface area contributed by atoms with Crippen molar-refractivity contribution in [3.05, 3.63) is 0 Å². The maximum absolute atomic E-state index is 11.7. The Bertz CT molecular complexity index is 206. The van der Waals surface area contributed by atoms with Gasteiger partial charge in [0.2, 0.25) is 0 Å². The van der Waals surface area contributed by atoms with Crippen LogP contribution in [0.5, 0.6) is 0 Å². The second-order valence-corrected chi connectivity index (χ2v) is 4.82. The molecule has 1 N–H and O–H groups in total. The number of ketones is 1. The van der Waals surface area contributed by atoms with E-state index in [1.807, 2.05) is 20.8 Å². The summed E-state index contributed by atoms with van der Waals surface area (Å²) in [7, 11) is 0. The summed E-state index contributed by atoms with van der Waals surface area (Å²) in [4.78, 5) is 11.1. The first kappa shape index (κ1) is 14.4. The number of carbonyl (C=O) groups excluding carboxylic acids is 1. The Morgan fingerprint density at radius 2 is 1.73 bits per heavy atom. The van der Waals surface area contributed by atoms with Crippen molar-refractivity contribution in [3.63, 3.8) is 0 Å². The first-order valence-electron chi connectivity index (χ1n) is 4.89. The molecular formula is C10H18F3NO. The van der Waals surface area contributed by atoms with Crippen molar-refractivity contribution in [2.24, 2.45) is 5.41 Å². The van der Waals surface area contributed by atoms with E-state index in [0.29, 0.717) is 12.8 Å². The van der Waals surface area contributed by atoms with Crippen LogP contribution in [-0.2, 0) is 4.79 Å². The van der Waals surface area contributed by atoms with Crippen molar-refractivity contribution in [1.29, 1.82) is 0 Å². The molecule has 0 aromatic heterocycles. The lowest BCUT2D eigenvalue weighted by molar-refractivity contribution is -0.127. The molecular weight excluding hydrogens is 207 g/mol. The number of Topliss-reactive ketones (excluding diaryl/α,β-unsaturated/α-hetero) is 1. The van der Waals surface area contributed by atoms with Crippen LogP contribution in [-0.4, -0.2) is 25.0 Å². The van der Waals surface area contributed by atoms with Crippen LogP contribution in [0, 0.1) is 5.41 Å². The third kappa shape index (κ3) is 11.3. The van der Waals surface area contributed by atoms with Crippen molar-refractivity contribution in [2.75, 3.05) is 13.1 Å². The van der Waals surface area contributed by atoms with Crippen LogP contribution in [0.15, 0.2) is 0 Å². The van der Waals surface area contributed by atoms with Gasteiger partial charge in [0, 0.05) is 6.42 Å². The molecule has 0 radical (unpaired) electrons. The van der Waals surface area contributed by atoms with Gasteiger partial charge in [-0.15, -0.1) is 0 Å². The second-order valence-electron chi connectivity index (χ2n) is 4.82. The van der Waals surface area contributed by atoms with Crippen LogP contribution in [0.1, 0.15) is 33.6 Å². The molecule has 0 aliphatic heterocycles. The molecule has 90 valence electrons. The van der Waals surface area contributed by atoms with Crippen molar-refractivity contribution < 1.29 is 18.0 Å². The zero-order chi connectivity index (χ0) is 12.1. The summed E-state index contributed by atoms with van der Waals surface area (Å²) in [5, 5.41) is 2.09. The minimum absolute atomic E-state index is 0.0414. The Morgan fingerprint density at radius 3 is 2.13 bits per heavy atom. The van der Waals surface area contributed by atoms with E-state index >= 15 is 0 Å². The van der Waals surface area contributed by atoms with Gasteiger partial charge in [0.05, 0.1) is 13.1 Å². The molecule has 0 bridgehead atoms. The van der Waals surface area contributed by atoms with E-state index in [9.17, 15) is 18.0 Å². The standard InChI is InChI=1S/C10H18F3NO/c1-9(2,3)5-4-8(15)6-14-7-10(11,12)13/h14H,4-7H2,1-3H3. The van der Waals surface area contributed by atoms with Gasteiger partial charge in [-0.3, -0.25) is 4.79 Å². The topological polar surface area (TPSA) is 29.1 Å². The highest BCUT2D eigenvalue weighted by Crippen LogP contribution is 2.20. The molecule has 5 heteroatoms. The fourth-order valence-electron chi connectivity index (χ4n) is 0.946. The number of rotatable bonds is 5. The summed E-state index contributed by atoms with van der Waals surface area (Å²) in [6, 6.07) is 0. The average molecular weight is 225 g/mol. The van der Waals surface area contributed by atoms with Crippen molar-refractivity contribution in [1.82, 2.24) is 5.32 Å². The first-order valence-corrected chi connectivity index (χ1v) is 4.89. The molecule has 0 aromatic rings. The van der Waals surface area contributed by atoms with Crippen LogP contribution in [0.25, 0.3) is 0 Å². The van der Waals surface area contributed by atoms with Gasteiger partial charge in [-0.05, 0) is 11.8 Å². The quantitative estimate of drug-likeness (QED) is 0.779. The summed E-state index contributed by atoms with van der Waals surface area (Å²) in [6.07, 6.45) is -3.22. The largest absolute Gasteiger partial charge is 0.401 e. The Labute approximate surface area is 88.2 Å². The highest BCUT2D eigenvalue weighted by molar-refractivity contribution is 5.80. The van der Waals surface area contributed by atoms with E-state index < -0.39 is 12.7 Å². The van der Waals surface area contributed by atoms with Crippen LogP contribution in [0.2, 0.25) is 0 Å². The van der Waals surface area contributed by atoms with Crippen LogP contribution in [0.3, 0.4) is 0 Å². The van der Waals surface area contributed by atoms with Gasteiger partial charge in [0.15, 0.2) is 0 Å². The predicted molar refractivity (Wildman–Crippen MR) is 52.6 cm³/mol. The normalized spacial score (nSPS) is 12.9. The van der Waals surface area contributed by atoms with E-state index in [2.05, 4.69) is 5.32 Å². The van der Waals surface area contributed by atoms with E-state index in [4.69, 9.17) is 0 Å². The smallest absolute Gasteiger partial charge is 0.302 e. The first-order chi connectivity index (χ1) is 6.60. The van der Waals surface area contributed by atoms with Crippen molar-refractivity contribution in [2.45, 2.75) is 39.8 Å². The molecule has 0 fully saturated rings. The highest BCUT2D eigenvalue weighted by atomic mass is 19.4. The molecule has 0 aliphatic carbocycles. The minimum Gasteiger partial charge on any atom is -0.302 e. The number of alkyl halides is 3. The van der Waals surface area contributed by atoms with Gasteiger partial charge >= 0.3 is 6.18 Å². The van der Waals surface area contributed by atoms with Gasteiger partial charge in [-0.25, -0.2) is 0 Å². The van der Waals surface area contributed by atoms with E-state index in [1.165, 1.54) is 0 Å². The summed E-state index contributed by atoms with van der Waals surface area (Å²) in [5.74, 6) is -0.172. The fourth-order valence-corrected chi connectivity index (χ4v) is 0.946. The van der Waals surface area contributed by atoms with Crippen LogP contribution in [0.4, 0.5) is 13.2 Å². The molecule has 0 saturated heterocycles. The third-order valence-electron chi connectivity index (χ3n) is 1.80. The maximum atomic E-state index is 11.7. The Morgan fingerprint density at radius 1 is 1.20 bits per heavy atom. The Hall–Kier alpha value is -0.580. The number of halogens is 3. The highest BCUT2D eigenvalue weighted by Gasteiger charge is 2.26. The van der Waals surface area contributed by atoms with Crippen LogP contribution < -0.4 is 5.32 Å². The van der Waals surface area contributed by atoms with Gasteiger partial charge in [0.1, 0.15) is 5.78 Å². The van der Waals surface area contributed by atoms with Gasteiger partial charge in [-0.2, -0.15) is 13.2 Å². The fraction of sp³-hybridized carbons (Fsp3) is 0.900. The average Bonchev–Trinajstić information content (AvgIpc) is 1.97. The zero-order valence-corrected chi connectivity index (χ0v) is 9.37. The number of hydrogen-bond acceptors (Lipinski definition) is 2. The lowest BCUT2D eigenvalue weighted by atomic mass is 9.89. The SMILES string of the molecule is CC(C)(C)CCC(=O)CNCC(F)(F)F. The van der Waals surface area contributed by atoms with Gasteiger partial charge in [0.25, 0.3) is 0 Å². The predicted octanol–water partition coefficient (Wildman–Crippen LogP) is 2.53. The molecule has 0 unspecified atom stereocenters. The molecule has 0 aromatic carbocycles.